The lowest BCUT2D eigenvalue weighted by Crippen LogP contribution is -2.50. The van der Waals surface area contributed by atoms with Crippen molar-refractivity contribution in [3.05, 3.63) is 35.4 Å². The number of carboxylic acid groups (broad SMARTS) is 1. The van der Waals surface area contributed by atoms with Crippen molar-refractivity contribution in [2.24, 2.45) is 4.99 Å². The molecule has 1 heterocycles. The predicted octanol–water partition coefficient (Wildman–Crippen LogP) is 3.08. The second-order valence-electron chi connectivity index (χ2n) is 5.65. The fourth-order valence-corrected chi connectivity index (χ4v) is 2.82. The van der Waals surface area contributed by atoms with E-state index in [-0.39, 0.29) is 29.7 Å². The van der Waals surface area contributed by atoms with Crippen molar-refractivity contribution >= 4 is 17.6 Å². The van der Waals surface area contributed by atoms with E-state index in [1.165, 1.54) is 0 Å². The van der Waals surface area contributed by atoms with Crippen LogP contribution >= 0.6 is 0 Å². The molecule has 8 heteroatoms. The van der Waals surface area contributed by atoms with E-state index < -0.39 is 54.3 Å². The summed E-state index contributed by atoms with van der Waals surface area (Å²) in [4.78, 5) is 28.9. The standard InChI is InChI=1S/C17H17F3N2O3/c18-17(19,20)12-6-4-11(5-7-12)14-15(25)22(10-13(23)24)16(21-14)8-2-1-3-9-16/h4-7H,1-3,8-10H2,(H,23,24)/i2D,8D2,10D2. The Balaban J connectivity index is 2.19. The predicted molar refractivity (Wildman–Crippen MR) is 83.1 cm³/mol. The number of carbonyl (C=O) groups is 2. The first-order valence-electron chi connectivity index (χ1n) is 10.0. The van der Waals surface area contributed by atoms with Gasteiger partial charge in [0.1, 0.15) is 17.9 Å². The molecule has 1 fully saturated rings. The minimum atomic E-state index is -4.63. The Morgan fingerprint density at radius 1 is 1.36 bits per heavy atom. The van der Waals surface area contributed by atoms with Gasteiger partial charge in [0.15, 0.2) is 0 Å². The van der Waals surface area contributed by atoms with Crippen LogP contribution in [0.15, 0.2) is 29.3 Å². The Morgan fingerprint density at radius 2 is 2.04 bits per heavy atom. The van der Waals surface area contributed by atoms with Crippen LogP contribution in [0.1, 0.15) is 50.0 Å². The Morgan fingerprint density at radius 3 is 2.64 bits per heavy atom. The molecule has 2 aliphatic rings. The zero-order chi connectivity index (χ0) is 22.7. The number of halogens is 3. The molecule has 1 aromatic carbocycles. The van der Waals surface area contributed by atoms with E-state index in [9.17, 15) is 27.9 Å². The van der Waals surface area contributed by atoms with Crippen LogP contribution in [0.2, 0.25) is 0 Å². The molecule has 1 N–H and O–H groups in total. The third-order valence-electron chi connectivity index (χ3n) is 3.97. The molecule has 3 rings (SSSR count). The lowest BCUT2D eigenvalue weighted by Gasteiger charge is -2.38. The van der Waals surface area contributed by atoms with Gasteiger partial charge in [0, 0.05) is 9.68 Å². The molecule has 25 heavy (non-hydrogen) atoms. The van der Waals surface area contributed by atoms with E-state index >= 15 is 0 Å². The number of rotatable bonds is 3. The molecular weight excluding hydrogens is 337 g/mol. The molecule has 1 amide bonds. The van der Waals surface area contributed by atoms with Gasteiger partial charge in [-0.25, -0.2) is 0 Å². The Hall–Kier alpha value is -2.38. The van der Waals surface area contributed by atoms with Crippen LogP contribution < -0.4 is 0 Å². The van der Waals surface area contributed by atoms with Gasteiger partial charge in [-0.1, -0.05) is 18.6 Å². The van der Waals surface area contributed by atoms with Gasteiger partial charge in [0.05, 0.1) is 8.30 Å². The minimum absolute atomic E-state index is 0.0952. The number of alkyl halides is 3. The first kappa shape index (κ1) is 12.1. The lowest BCUT2D eigenvalue weighted by molar-refractivity contribution is -0.145. The molecule has 0 saturated heterocycles. The summed E-state index contributed by atoms with van der Waals surface area (Å²) in [6.07, 6.45) is -8.61. The van der Waals surface area contributed by atoms with Crippen LogP contribution in [0, 0.1) is 0 Å². The quantitative estimate of drug-likeness (QED) is 0.902. The average molecular weight is 359 g/mol. The maximum Gasteiger partial charge on any atom is 0.416 e. The first-order valence-corrected chi connectivity index (χ1v) is 7.44. The van der Waals surface area contributed by atoms with Crippen LogP contribution in [0.25, 0.3) is 0 Å². The smallest absolute Gasteiger partial charge is 0.416 e. The van der Waals surface area contributed by atoms with Crippen LogP contribution in [0.3, 0.4) is 0 Å². The topological polar surface area (TPSA) is 70.0 Å². The normalized spacial score (nSPS) is 32.4. The van der Waals surface area contributed by atoms with Crippen molar-refractivity contribution in [2.45, 2.75) is 43.9 Å². The Labute approximate surface area is 149 Å². The summed E-state index contributed by atoms with van der Waals surface area (Å²) in [6, 6.07) is 3.25. The van der Waals surface area contributed by atoms with Gasteiger partial charge in [0.25, 0.3) is 5.91 Å². The van der Waals surface area contributed by atoms with Crippen LogP contribution in [-0.2, 0) is 15.8 Å². The molecule has 1 saturated carbocycles. The maximum absolute atomic E-state index is 13.0. The van der Waals surface area contributed by atoms with Crippen molar-refractivity contribution in [1.29, 1.82) is 0 Å². The Bertz CT molecular complexity index is 920. The largest absolute Gasteiger partial charge is 0.480 e. The number of carbonyl (C=O) groups excluding carboxylic acids is 1. The third-order valence-corrected chi connectivity index (χ3v) is 3.97. The minimum Gasteiger partial charge on any atom is -0.480 e. The van der Waals surface area contributed by atoms with E-state index in [4.69, 9.17) is 6.85 Å². The molecule has 134 valence electrons. The van der Waals surface area contributed by atoms with E-state index in [1.54, 1.807) is 0 Å². The lowest BCUT2D eigenvalue weighted by atomic mass is 9.88. The van der Waals surface area contributed by atoms with E-state index in [1.807, 2.05) is 0 Å². The molecule has 1 aliphatic carbocycles. The summed E-state index contributed by atoms with van der Waals surface area (Å²) in [6.45, 7) is -3.36. The molecule has 0 aromatic heterocycles. The summed E-state index contributed by atoms with van der Waals surface area (Å²) in [5.41, 5.74) is -4.00. The van der Waals surface area contributed by atoms with Crippen LogP contribution in [0.4, 0.5) is 13.2 Å². The van der Waals surface area contributed by atoms with Crippen molar-refractivity contribution in [3.63, 3.8) is 0 Å². The molecule has 1 spiro atoms. The molecule has 1 aliphatic heterocycles. The zero-order valence-corrected chi connectivity index (χ0v) is 12.8. The van der Waals surface area contributed by atoms with E-state index in [2.05, 4.69) is 4.99 Å². The van der Waals surface area contributed by atoms with Gasteiger partial charge in [-0.2, -0.15) is 13.2 Å². The fraction of sp³-hybridized carbons (Fsp3) is 0.471. The van der Waals surface area contributed by atoms with Gasteiger partial charge >= 0.3 is 12.1 Å². The van der Waals surface area contributed by atoms with Gasteiger partial charge in [-0.3, -0.25) is 14.6 Å². The van der Waals surface area contributed by atoms with E-state index in [0.29, 0.717) is 12.1 Å². The first-order chi connectivity index (χ1) is 13.7. The molecule has 1 aromatic rings. The van der Waals surface area contributed by atoms with E-state index in [0.717, 1.165) is 12.1 Å². The summed E-state index contributed by atoms with van der Waals surface area (Å²) >= 11 is 0. The molecule has 2 atom stereocenters. The maximum atomic E-state index is 13.0. The van der Waals surface area contributed by atoms with Crippen molar-refractivity contribution in [2.75, 3.05) is 6.50 Å². The number of amides is 1. The third kappa shape index (κ3) is 3.25. The van der Waals surface area contributed by atoms with Crippen molar-refractivity contribution in [3.8, 4) is 0 Å². The molecule has 0 bridgehead atoms. The van der Waals surface area contributed by atoms with Crippen LogP contribution in [-0.4, -0.2) is 39.8 Å². The van der Waals surface area contributed by atoms with Crippen molar-refractivity contribution in [1.82, 2.24) is 4.90 Å². The number of carboxylic acids is 1. The van der Waals surface area contributed by atoms with Crippen molar-refractivity contribution < 1.29 is 34.7 Å². The summed E-state index contributed by atoms with van der Waals surface area (Å²) in [5.74, 6) is -3.32. The summed E-state index contributed by atoms with van der Waals surface area (Å²) in [7, 11) is 0. The molecule has 5 nitrogen and oxygen atoms in total. The highest BCUT2D eigenvalue weighted by Gasteiger charge is 2.48. The highest BCUT2D eigenvalue weighted by atomic mass is 19.4. The highest BCUT2D eigenvalue weighted by Crippen LogP contribution is 2.39. The highest BCUT2D eigenvalue weighted by molar-refractivity contribution is 6.47. The Kier molecular flexibility index (Phi) is 2.97. The summed E-state index contributed by atoms with van der Waals surface area (Å²) < 4.78 is 79.0. The van der Waals surface area contributed by atoms with Gasteiger partial charge in [-0.15, -0.1) is 0 Å². The monoisotopic (exact) mass is 359 g/mol. The zero-order valence-electron chi connectivity index (χ0n) is 17.8. The number of hydrogen-bond donors (Lipinski definition) is 1. The van der Waals surface area contributed by atoms with Gasteiger partial charge < -0.3 is 10.0 Å². The molecule has 2 unspecified atom stereocenters. The summed E-state index contributed by atoms with van der Waals surface area (Å²) in [5, 5.41) is 9.34. The number of hydrogen-bond acceptors (Lipinski definition) is 3. The number of benzene rings is 1. The number of aliphatic carboxylic acids is 1. The van der Waals surface area contributed by atoms with Crippen LogP contribution in [0.5, 0.6) is 0 Å². The molecular formula is C17H17F3N2O3. The molecule has 0 radical (unpaired) electrons. The second kappa shape index (κ2) is 6.16. The number of nitrogens with zero attached hydrogens (tertiary/aromatic N) is 2. The average Bonchev–Trinajstić information content (AvgIpc) is 2.94. The second-order valence-corrected chi connectivity index (χ2v) is 5.65. The fourth-order valence-electron chi connectivity index (χ4n) is 2.82. The number of aliphatic imine (C=N–C) groups is 1. The SMILES string of the molecule is [2H]C1CCCC2(N=C(c3ccc(C(F)(F)F)cc3)C(=O)N2C([2H])([2H])C(=O)O)C1([2H])[2H]. The van der Waals surface area contributed by atoms with Gasteiger partial charge in [-0.05, 0) is 37.7 Å². The van der Waals surface area contributed by atoms with Gasteiger partial charge in [0.2, 0.25) is 0 Å².